The molecule has 1 heterocycles. The van der Waals surface area contributed by atoms with Crippen molar-refractivity contribution < 1.29 is 0 Å². The van der Waals surface area contributed by atoms with Crippen LogP contribution in [0.15, 0.2) is 12.4 Å². The van der Waals surface area contributed by atoms with E-state index in [0.717, 1.165) is 0 Å². The number of aromatic nitrogens is 2. The van der Waals surface area contributed by atoms with Crippen LogP contribution in [-0.4, -0.2) is 34.8 Å². The molecule has 1 aromatic heterocycles. The van der Waals surface area contributed by atoms with Gasteiger partial charge in [0.25, 0.3) is 0 Å². The second kappa shape index (κ2) is 3.89. The zero-order valence-corrected chi connectivity index (χ0v) is 8.73. The highest BCUT2D eigenvalue weighted by Crippen LogP contribution is 2.19. The highest BCUT2D eigenvalue weighted by Gasteiger charge is 2.19. The number of aryl methyl sites for hydroxylation is 1. The van der Waals surface area contributed by atoms with E-state index in [9.17, 15) is 0 Å². The predicted molar refractivity (Wildman–Crippen MR) is 53.3 cm³/mol. The van der Waals surface area contributed by atoms with Gasteiger partial charge in [0.15, 0.2) is 0 Å². The van der Waals surface area contributed by atoms with Gasteiger partial charge in [-0.15, -0.1) is 0 Å². The van der Waals surface area contributed by atoms with Crippen molar-refractivity contribution in [3.05, 3.63) is 18.0 Å². The molecule has 0 saturated carbocycles. The monoisotopic (exact) mass is 182 g/mol. The van der Waals surface area contributed by atoms with Crippen LogP contribution in [-0.2, 0) is 7.05 Å². The van der Waals surface area contributed by atoms with Crippen molar-refractivity contribution in [1.29, 1.82) is 0 Å². The molecule has 0 amide bonds. The molecule has 2 atom stereocenters. The molecule has 0 aliphatic rings. The summed E-state index contributed by atoms with van der Waals surface area (Å²) < 4.78 is 1.80. The molecule has 4 heteroatoms. The average molecular weight is 182 g/mol. The van der Waals surface area contributed by atoms with E-state index in [1.54, 1.807) is 4.68 Å². The number of rotatable bonds is 3. The molecule has 4 nitrogen and oxygen atoms in total. The van der Waals surface area contributed by atoms with E-state index in [4.69, 9.17) is 5.73 Å². The smallest absolute Gasteiger partial charge is 0.0538 e. The largest absolute Gasteiger partial charge is 0.326 e. The summed E-state index contributed by atoms with van der Waals surface area (Å²) in [5.41, 5.74) is 7.07. The van der Waals surface area contributed by atoms with Gasteiger partial charge in [-0.25, -0.2) is 0 Å². The third-order valence-electron chi connectivity index (χ3n) is 2.12. The topological polar surface area (TPSA) is 47.1 Å². The molecule has 74 valence electrons. The van der Waals surface area contributed by atoms with E-state index in [0.29, 0.717) is 0 Å². The van der Waals surface area contributed by atoms with Gasteiger partial charge in [0.1, 0.15) is 0 Å². The summed E-state index contributed by atoms with van der Waals surface area (Å²) in [5.74, 6) is 0. The first-order valence-corrected chi connectivity index (χ1v) is 4.43. The second-order valence-corrected chi connectivity index (χ2v) is 3.71. The summed E-state index contributed by atoms with van der Waals surface area (Å²) in [7, 11) is 5.97. The Labute approximate surface area is 79.3 Å². The molecule has 0 spiro atoms. The lowest BCUT2D eigenvalue weighted by atomic mass is 10.0. The lowest BCUT2D eigenvalue weighted by Crippen LogP contribution is -2.34. The van der Waals surface area contributed by atoms with E-state index in [1.165, 1.54) is 5.56 Å². The molecule has 0 aliphatic heterocycles. The quantitative estimate of drug-likeness (QED) is 0.734. The SMILES string of the molecule is CC(N)C(c1cnn(C)c1)N(C)C. The van der Waals surface area contributed by atoms with E-state index in [1.807, 2.05) is 40.5 Å². The number of hydrogen-bond acceptors (Lipinski definition) is 3. The van der Waals surface area contributed by atoms with Crippen LogP contribution in [0.2, 0.25) is 0 Å². The first kappa shape index (κ1) is 10.2. The van der Waals surface area contributed by atoms with Crippen LogP contribution in [0.1, 0.15) is 18.5 Å². The summed E-state index contributed by atoms with van der Waals surface area (Å²) in [5, 5.41) is 4.14. The fraction of sp³-hybridized carbons (Fsp3) is 0.667. The summed E-state index contributed by atoms with van der Waals surface area (Å²) in [6, 6.07) is 0.355. The van der Waals surface area contributed by atoms with Crippen molar-refractivity contribution in [3.63, 3.8) is 0 Å². The molecule has 2 N–H and O–H groups in total. The van der Waals surface area contributed by atoms with Crippen LogP contribution in [0.3, 0.4) is 0 Å². The lowest BCUT2D eigenvalue weighted by molar-refractivity contribution is 0.266. The maximum atomic E-state index is 5.90. The Morgan fingerprint density at radius 3 is 2.46 bits per heavy atom. The second-order valence-electron chi connectivity index (χ2n) is 3.71. The maximum absolute atomic E-state index is 5.90. The summed E-state index contributed by atoms with van der Waals surface area (Å²) in [4.78, 5) is 2.11. The van der Waals surface area contributed by atoms with Gasteiger partial charge in [0.05, 0.1) is 12.2 Å². The van der Waals surface area contributed by atoms with Crippen LogP contribution in [0.5, 0.6) is 0 Å². The highest BCUT2D eigenvalue weighted by atomic mass is 15.2. The number of nitrogens with two attached hydrogens (primary N) is 1. The normalized spacial score (nSPS) is 16.2. The van der Waals surface area contributed by atoms with Crippen molar-refractivity contribution in [1.82, 2.24) is 14.7 Å². The third-order valence-corrected chi connectivity index (χ3v) is 2.12. The number of likely N-dealkylation sites (N-methyl/N-ethyl adjacent to an activating group) is 1. The molecule has 0 saturated heterocycles. The third kappa shape index (κ3) is 2.29. The van der Waals surface area contributed by atoms with Crippen LogP contribution in [0.25, 0.3) is 0 Å². The highest BCUT2D eigenvalue weighted by molar-refractivity contribution is 5.12. The Bertz CT molecular complexity index is 256. The first-order valence-electron chi connectivity index (χ1n) is 4.43. The van der Waals surface area contributed by atoms with Crippen molar-refractivity contribution >= 4 is 0 Å². The predicted octanol–water partition coefficient (Wildman–Crippen LogP) is 0.370. The van der Waals surface area contributed by atoms with E-state index in [-0.39, 0.29) is 12.1 Å². The van der Waals surface area contributed by atoms with Crippen LogP contribution in [0, 0.1) is 0 Å². The summed E-state index contributed by atoms with van der Waals surface area (Å²) in [6.07, 6.45) is 3.88. The van der Waals surface area contributed by atoms with E-state index in [2.05, 4.69) is 10.00 Å². The molecule has 0 fully saturated rings. The van der Waals surface area contributed by atoms with Gasteiger partial charge in [-0.2, -0.15) is 5.10 Å². The first-order chi connectivity index (χ1) is 6.02. The van der Waals surface area contributed by atoms with Gasteiger partial charge < -0.3 is 10.6 Å². The van der Waals surface area contributed by atoms with Gasteiger partial charge in [-0.3, -0.25) is 4.68 Å². The van der Waals surface area contributed by atoms with E-state index < -0.39 is 0 Å². The Morgan fingerprint density at radius 1 is 1.54 bits per heavy atom. The average Bonchev–Trinajstić information content (AvgIpc) is 2.34. The minimum atomic E-state index is 0.110. The molecule has 0 bridgehead atoms. The Morgan fingerprint density at radius 2 is 2.15 bits per heavy atom. The molecule has 0 aliphatic carbocycles. The molecule has 13 heavy (non-hydrogen) atoms. The standard InChI is InChI=1S/C9H18N4/c1-7(10)9(12(2)3)8-5-11-13(4)6-8/h5-7,9H,10H2,1-4H3. The van der Waals surface area contributed by atoms with E-state index >= 15 is 0 Å². The zero-order valence-electron chi connectivity index (χ0n) is 8.73. The van der Waals surface area contributed by atoms with Gasteiger partial charge in [0, 0.05) is 24.8 Å². The van der Waals surface area contributed by atoms with Crippen molar-refractivity contribution in [3.8, 4) is 0 Å². The fourth-order valence-corrected chi connectivity index (χ4v) is 1.66. The molecule has 2 unspecified atom stereocenters. The lowest BCUT2D eigenvalue weighted by Gasteiger charge is -2.26. The van der Waals surface area contributed by atoms with Gasteiger partial charge >= 0.3 is 0 Å². The van der Waals surface area contributed by atoms with Gasteiger partial charge in [0.2, 0.25) is 0 Å². The molecule has 1 rings (SSSR count). The van der Waals surface area contributed by atoms with Crippen LogP contribution >= 0.6 is 0 Å². The van der Waals surface area contributed by atoms with Crippen molar-refractivity contribution in [2.24, 2.45) is 12.8 Å². The Kier molecular flexibility index (Phi) is 3.06. The summed E-state index contributed by atoms with van der Waals surface area (Å²) in [6.45, 7) is 2.01. The van der Waals surface area contributed by atoms with Crippen molar-refractivity contribution in [2.75, 3.05) is 14.1 Å². The molecule has 0 aromatic carbocycles. The molecule has 1 aromatic rings. The van der Waals surface area contributed by atoms with Gasteiger partial charge in [-0.05, 0) is 21.0 Å². The number of nitrogens with zero attached hydrogens (tertiary/aromatic N) is 3. The van der Waals surface area contributed by atoms with Gasteiger partial charge in [-0.1, -0.05) is 0 Å². The summed E-state index contributed by atoms with van der Waals surface area (Å²) >= 11 is 0. The minimum Gasteiger partial charge on any atom is -0.326 e. The Balaban J connectivity index is 2.88. The van der Waals surface area contributed by atoms with Crippen LogP contribution < -0.4 is 5.73 Å². The zero-order chi connectivity index (χ0) is 10.0. The Hall–Kier alpha value is -0.870. The minimum absolute atomic E-state index is 0.110. The van der Waals surface area contributed by atoms with Crippen LogP contribution in [0.4, 0.5) is 0 Å². The fourth-order valence-electron chi connectivity index (χ4n) is 1.66. The molecule has 0 radical (unpaired) electrons. The number of hydrogen-bond donors (Lipinski definition) is 1. The molecular formula is C9H18N4. The van der Waals surface area contributed by atoms with Crippen molar-refractivity contribution in [2.45, 2.75) is 19.0 Å². The maximum Gasteiger partial charge on any atom is 0.0538 e. The molecular weight excluding hydrogens is 164 g/mol.